The molecule has 1 fully saturated rings. The number of imidazole rings is 2. The van der Waals surface area contributed by atoms with Crippen LogP contribution in [-0.2, 0) is 23.2 Å². The van der Waals surface area contributed by atoms with E-state index in [1.54, 1.807) is 32.5 Å². The maximum absolute atomic E-state index is 14.3. The number of rotatable bonds is 4. The lowest BCUT2D eigenvalue weighted by Crippen LogP contribution is -2.41. The summed E-state index contributed by atoms with van der Waals surface area (Å²) in [7, 11) is 0. The van der Waals surface area contributed by atoms with Gasteiger partial charge in [0.2, 0.25) is 5.91 Å². The number of carbonyl (C=O) groups is 1. The molecule has 1 amide bonds. The van der Waals surface area contributed by atoms with Crippen molar-refractivity contribution in [2.45, 2.75) is 69.6 Å². The predicted molar refractivity (Wildman–Crippen MR) is 158 cm³/mol. The van der Waals surface area contributed by atoms with Crippen LogP contribution >= 0.6 is 11.6 Å². The number of amides is 1. The molecular formula is C30H30ClF3N8O2. The molecule has 1 aromatic carbocycles. The maximum Gasteiger partial charge on any atom is 0.399 e. The number of nitrogens with one attached hydrogen (secondary N) is 2. The Labute approximate surface area is 254 Å². The standard InChI is InChI=1S/C30H30ClF3N8O2/c1-29(2,30(32,33)34)23-14-36-27-17(10-16-11-21(31)25-19(13-37-39-25)20(16)15-41(23)27)12-24(43)40-8-5-18(6-9-40)42-22-4-3-7-35-26(22)38-28(42)44/h3-4,7,11,13-14,17-18H,5-6,8-10,12,15H2,1-2H3,(H,37,39)(H,35,38,44). The summed E-state index contributed by atoms with van der Waals surface area (Å²) >= 11 is 6.57. The molecule has 1 atom stereocenters. The summed E-state index contributed by atoms with van der Waals surface area (Å²) in [6.45, 7) is 3.36. The number of nitrogens with zero attached hydrogens (tertiary/aromatic N) is 6. The van der Waals surface area contributed by atoms with Crippen molar-refractivity contribution in [2.75, 3.05) is 13.1 Å². The van der Waals surface area contributed by atoms with Crippen LogP contribution in [0.5, 0.6) is 0 Å². The largest absolute Gasteiger partial charge is 0.399 e. The quantitative estimate of drug-likeness (QED) is 0.283. The summed E-state index contributed by atoms with van der Waals surface area (Å²) in [5.41, 5.74) is 1.19. The highest BCUT2D eigenvalue weighted by Gasteiger charge is 2.51. The smallest absolute Gasteiger partial charge is 0.343 e. The van der Waals surface area contributed by atoms with E-state index in [9.17, 15) is 22.8 Å². The summed E-state index contributed by atoms with van der Waals surface area (Å²) in [6, 6.07) is 5.36. The molecule has 2 aliphatic rings. The minimum absolute atomic E-state index is 0.0383. The summed E-state index contributed by atoms with van der Waals surface area (Å²) in [5, 5.41) is 8.21. The molecule has 0 spiro atoms. The van der Waals surface area contributed by atoms with Crippen molar-refractivity contribution < 1.29 is 18.0 Å². The van der Waals surface area contributed by atoms with Gasteiger partial charge in [-0.2, -0.15) is 18.3 Å². The first kappa shape index (κ1) is 28.6. The first-order valence-corrected chi connectivity index (χ1v) is 14.9. The fourth-order valence-corrected chi connectivity index (χ4v) is 7.07. The molecule has 0 radical (unpaired) electrons. The minimum atomic E-state index is -4.51. The highest BCUT2D eigenvalue weighted by atomic mass is 35.5. The molecule has 2 aliphatic heterocycles. The molecule has 0 saturated carbocycles. The Morgan fingerprint density at radius 2 is 1.93 bits per heavy atom. The number of H-pyrrole nitrogens is 2. The summed E-state index contributed by atoms with van der Waals surface area (Å²) in [5.74, 6) is -0.129. The summed E-state index contributed by atoms with van der Waals surface area (Å²) in [4.78, 5) is 39.8. The van der Waals surface area contributed by atoms with Crippen LogP contribution in [0.25, 0.3) is 22.1 Å². The van der Waals surface area contributed by atoms with Gasteiger partial charge in [-0.05, 0) is 62.4 Å². The lowest BCUT2D eigenvalue weighted by molar-refractivity contribution is -0.181. The molecular weight excluding hydrogens is 597 g/mol. The van der Waals surface area contributed by atoms with Gasteiger partial charge >= 0.3 is 11.9 Å². The van der Waals surface area contributed by atoms with Crippen LogP contribution in [0, 0.1) is 0 Å². The van der Waals surface area contributed by atoms with E-state index in [1.807, 2.05) is 12.1 Å². The summed E-state index contributed by atoms with van der Waals surface area (Å²) in [6.07, 6.45) is 1.69. The fourth-order valence-electron chi connectivity index (χ4n) is 6.79. The topological polar surface area (TPSA) is 117 Å². The van der Waals surface area contributed by atoms with E-state index < -0.39 is 17.5 Å². The van der Waals surface area contributed by atoms with Gasteiger partial charge in [0.1, 0.15) is 11.2 Å². The lowest BCUT2D eigenvalue weighted by Gasteiger charge is -2.33. The predicted octanol–water partition coefficient (Wildman–Crippen LogP) is 5.23. The van der Waals surface area contributed by atoms with E-state index >= 15 is 0 Å². The number of alkyl halides is 3. The highest BCUT2D eigenvalue weighted by Crippen LogP contribution is 2.44. The van der Waals surface area contributed by atoms with Crippen LogP contribution in [0.1, 0.15) is 67.7 Å². The number of piperidine rings is 1. The second kappa shape index (κ2) is 10.2. The van der Waals surface area contributed by atoms with Crippen LogP contribution in [0.3, 0.4) is 0 Å². The van der Waals surface area contributed by atoms with Gasteiger partial charge in [-0.15, -0.1) is 0 Å². The van der Waals surface area contributed by atoms with Crippen LogP contribution in [0.4, 0.5) is 13.2 Å². The van der Waals surface area contributed by atoms with Crippen molar-refractivity contribution in [3.05, 3.63) is 74.9 Å². The lowest BCUT2D eigenvalue weighted by atomic mass is 9.88. The molecule has 44 heavy (non-hydrogen) atoms. The van der Waals surface area contributed by atoms with Crippen molar-refractivity contribution >= 4 is 39.6 Å². The van der Waals surface area contributed by atoms with E-state index in [4.69, 9.17) is 11.6 Å². The molecule has 1 unspecified atom stereocenters. The zero-order chi connectivity index (χ0) is 31.0. The van der Waals surface area contributed by atoms with Gasteiger partial charge in [0.25, 0.3) is 0 Å². The van der Waals surface area contributed by atoms with Crippen LogP contribution in [0.2, 0.25) is 5.02 Å². The number of pyridine rings is 1. The second-order valence-corrected chi connectivity index (χ2v) is 12.7. The maximum atomic E-state index is 14.3. The Hall–Kier alpha value is -4.13. The molecule has 0 bridgehead atoms. The highest BCUT2D eigenvalue weighted by molar-refractivity contribution is 6.35. The average molecular weight is 627 g/mol. The molecule has 230 valence electrons. The first-order chi connectivity index (χ1) is 20.9. The third-order valence-corrected chi connectivity index (χ3v) is 9.67. The van der Waals surface area contributed by atoms with Crippen LogP contribution in [0.15, 0.2) is 41.6 Å². The van der Waals surface area contributed by atoms with Crippen LogP contribution < -0.4 is 5.69 Å². The SMILES string of the molecule is CC(C)(c1cnc2n1Cc1c(cc(Cl)c3[nH]ncc13)CC2CC(=O)N1CCC(n2c(=O)[nH]c3ncccc32)CC1)C(F)(F)F. The summed E-state index contributed by atoms with van der Waals surface area (Å²) < 4.78 is 46.1. The van der Waals surface area contributed by atoms with Gasteiger partial charge in [0.05, 0.1) is 34.5 Å². The number of hydrogen-bond acceptors (Lipinski definition) is 5. The number of benzene rings is 1. The first-order valence-electron chi connectivity index (χ1n) is 14.5. The Morgan fingerprint density at radius 1 is 1.16 bits per heavy atom. The van der Waals surface area contributed by atoms with E-state index in [2.05, 4.69) is 25.1 Å². The van der Waals surface area contributed by atoms with Gasteiger partial charge in [-0.25, -0.2) is 14.8 Å². The van der Waals surface area contributed by atoms with E-state index in [1.165, 1.54) is 6.20 Å². The minimum Gasteiger partial charge on any atom is -0.343 e. The number of fused-ring (bicyclic) bond motifs is 5. The molecule has 4 aromatic heterocycles. The zero-order valence-electron chi connectivity index (χ0n) is 24.1. The molecule has 1 saturated heterocycles. The number of likely N-dealkylation sites (tertiary alicyclic amines) is 1. The van der Waals surface area contributed by atoms with Crippen molar-refractivity contribution in [1.29, 1.82) is 0 Å². The van der Waals surface area contributed by atoms with Gasteiger partial charge in [-0.1, -0.05) is 11.6 Å². The molecule has 10 nitrogen and oxygen atoms in total. The Bertz CT molecular complexity index is 1960. The van der Waals surface area contributed by atoms with Gasteiger partial charge < -0.3 is 9.47 Å². The Balaban J connectivity index is 1.19. The molecule has 2 N–H and O–H groups in total. The molecule has 7 rings (SSSR count). The normalized spacial score (nSPS) is 18.0. The number of aromatic amines is 2. The molecule has 14 heteroatoms. The molecule has 6 heterocycles. The Morgan fingerprint density at radius 3 is 2.68 bits per heavy atom. The average Bonchev–Trinajstić information content (AvgIpc) is 3.69. The van der Waals surface area contributed by atoms with Crippen molar-refractivity contribution in [1.82, 2.24) is 39.2 Å². The molecule has 5 aromatic rings. The van der Waals surface area contributed by atoms with Gasteiger partial charge in [-0.3, -0.25) is 19.4 Å². The third-order valence-electron chi connectivity index (χ3n) is 9.37. The second-order valence-electron chi connectivity index (χ2n) is 12.3. The van der Waals surface area contributed by atoms with Crippen molar-refractivity contribution in [3.8, 4) is 0 Å². The third kappa shape index (κ3) is 4.51. The number of hydrogen-bond donors (Lipinski definition) is 2. The number of aromatic nitrogens is 7. The van der Waals surface area contributed by atoms with Gasteiger partial charge in [0.15, 0.2) is 5.65 Å². The van der Waals surface area contributed by atoms with Crippen molar-refractivity contribution in [3.63, 3.8) is 0 Å². The fraction of sp³-hybridized carbons (Fsp3) is 0.433. The number of halogens is 4. The van der Waals surface area contributed by atoms with E-state index in [0.717, 1.165) is 35.9 Å². The number of carbonyl (C=O) groups excluding carboxylic acids is 1. The van der Waals surface area contributed by atoms with E-state index in [-0.39, 0.29) is 36.3 Å². The zero-order valence-corrected chi connectivity index (χ0v) is 24.8. The molecule has 0 aliphatic carbocycles. The van der Waals surface area contributed by atoms with E-state index in [0.29, 0.717) is 54.4 Å². The van der Waals surface area contributed by atoms with Gasteiger partial charge in [0, 0.05) is 49.2 Å². The monoisotopic (exact) mass is 626 g/mol. The Kier molecular flexibility index (Phi) is 6.65. The van der Waals surface area contributed by atoms with Crippen LogP contribution in [-0.4, -0.2) is 64.4 Å². The van der Waals surface area contributed by atoms with Crippen molar-refractivity contribution in [2.24, 2.45) is 0 Å².